The summed E-state index contributed by atoms with van der Waals surface area (Å²) >= 11 is 0. The van der Waals surface area contributed by atoms with Crippen LogP contribution >= 0.6 is 0 Å². The molecule has 0 aliphatic carbocycles. The van der Waals surface area contributed by atoms with Gasteiger partial charge in [0.2, 0.25) is 0 Å². The fourth-order valence-corrected chi connectivity index (χ4v) is 1.01. The molecule has 0 amide bonds. The summed E-state index contributed by atoms with van der Waals surface area (Å²) in [4.78, 5) is 21.5. The van der Waals surface area contributed by atoms with E-state index in [9.17, 15) is 14.7 Å². The fourth-order valence-electron chi connectivity index (χ4n) is 1.01. The topological polar surface area (TPSA) is 92.5 Å². The van der Waals surface area contributed by atoms with Gasteiger partial charge in [-0.2, -0.15) is 0 Å². The molecule has 0 atom stereocenters. The molecule has 0 saturated carbocycles. The molecule has 74 valence electrons. The predicted molar refractivity (Wildman–Crippen MR) is 46.5 cm³/mol. The number of hydrogen-bond acceptors (Lipinski definition) is 5. The lowest BCUT2D eigenvalue weighted by Gasteiger charge is -2.06. The first-order chi connectivity index (χ1) is 6.54. The van der Waals surface area contributed by atoms with Gasteiger partial charge < -0.3 is 20.4 Å². The van der Waals surface area contributed by atoms with Crippen LogP contribution in [0.25, 0.3) is 0 Å². The van der Waals surface area contributed by atoms with Crippen molar-refractivity contribution in [2.24, 2.45) is 0 Å². The highest BCUT2D eigenvalue weighted by atomic mass is 16.5. The Balaban J connectivity index is 3.20. The van der Waals surface area contributed by atoms with Gasteiger partial charge in [-0.1, -0.05) is 0 Å². The summed E-state index contributed by atoms with van der Waals surface area (Å²) in [6.45, 7) is 0. The van der Waals surface area contributed by atoms with Crippen molar-refractivity contribution < 1.29 is 19.4 Å². The zero-order chi connectivity index (χ0) is 10.7. The minimum Gasteiger partial charge on any atom is -0.545 e. The third kappa shape index (κ3) is 2.01. The Morgan fingerprint density at radius 3 is 2.36 bits per heavy atom. The van der Waals surface area contributed by atoms with E-state index in [1.807, 2.05) is 0 Å². The minimum absolute atomic E-state index is 0.0895. The van der Waals surface area contributed by atoms with E-state index in [-0.39, 0.29) is 16.8 Å². The van der Waals surface area contributed by atoms with Crippen LogP contribution in [0.4, 0.5) is 5.69 Å². The number of nitrogens with two attached hydrogens (primary N) is 1. The van der Waals surface area contributed by atoms with Gasteiger partial charge in [-0.05, 0) is 18.2 Å². The molecule has 5 nitrogen and oxygen atoms in total. The zero-order valence-electron chi connectivity index (χ0n) is 7.44. The standard InChI is InChI=1S/C9H9NO4/c1-14-9(13)6-2-5(8(11)12)3-7(10)4-6/h2-4H,10H2,1H3,(H,11,12)/p-1. The van der Waals surface area contributed by atoms with E-state index < -0.39 is 11.9 Å². The number of esters is 1. The van der Waals surface area contributed by atoms with Crippen molar-refractivity contribution in [1.82, 2.24) is 0 Å². The molecule has 0 aliphatic rings. The number of aromatic carboxylic acids is 1. The number of rotatable bonds is 2. The molecule has 0 aliphatic heterocycles. The van der Waals surface area contributed by atoms with Crippen LogP contribution in [0.1, 0.15) is 20.7 Å². The molecule has 0 heterocycles. The molecule has 0 saturated heterocycles. The molecule has 0 fully saturated rings. The van der Waals surface area contributed by atoms with E-state index in [1.165, 1.54) is 19.2 Å². The van der Waals surface area contributed by atoms with E-state index in [2.05, 4.69) is 4.74 Å². The lowest BCUT2D eigenvalue weighted by molar-refractivity contribution is -0.255. The predicted octanol–water partition coefficient (Wildman–Crippen LogP) is -0.581. The van der Waals surface area contributed by atoms with Crippen LogP contribution in [-0.2, 0) is 4.74 Å². The van der Waals surface area contributed by atoms with E-state index in [1.54, 1.807) is 0 Å². The van der Waals surface area contributed by atoms with Gasteiger partial charge in [0.25, 0.3) is 0 Å². The van der Waals surface area contributed by atoms with Gasteiger partial charge in [0.1, 0.15) is 0 Å². The van der Waals surface area contributed by atoms with Gasteiger partial charge in [-0.15, -0.1) is 0 Å². The van der Waals surface area contributed by atoms with E-state index in [4.69, 9.17) is 5.73 Å². The van der Waals surface area contributed by atoms with Gasteiger partial charge >= 0.3 is 5.97 Å². The fraction of sp³-hybridized carbons (Fsp3) is 0.111. The Morgan fingerprint density at radius 2 is 1.86 bits per heavy atom. The molecule has 2 N–H and O–H groups in total. The Bertz CT molecular complexity index is 386. The third-order valence-electron chi connectivity index (χ3n) is 1.61. The second-order valence-electron chi connectivity index (χ2n) is 2.62. The molecule has 0 radical (unpaired) electrons. The highest BCUT2D eigenvalue weighted by Crippen LogP contribution is 2.12. The van der Waals surface area contributed by atoms with Crippen LogP contribution in [-0.4, -0.2) is 19.0 Å². The Hall–Kier alpha value is -2.04. The van der Waals surface area contributed by atoms with Gasteiger partial charge in [0.05, 0.1) is 18.6 Å². The number of methoxy groups -OCH3 is 1. The summed E-state index contributed by atoms with van der Waals surface area (Å²) in [5.74, 6) is -2.03. The van der Waals surface area contributed by atoms with Crippen molar-refractivity contribution in [3.05, 3.63) is 29.3 Å². The summed E-state index contributed by atoms with van der Waals surface area (Å²) in [5.41, 5.74) is 5.51. The average Bonchev–Trinajstić information content (AvgIpc) is 2.15. The maximum Gasteiger partial charge on any atom is 0.337 e. The molecule has 0 bridgehead atoms. The zero-order valence-corrected chi connectivity index (χ0v) is 7.44. The minimum atomic E-state index is -1.39. The summed E-state index contributed by atoms with van der Waals surface area (Å²) < 4.78 is 4.42. The van der Waals surface area contributed by atoms with E-state index in [0.29, 0.717) is 0 Å². The van der Waals surface area contributed by atoms with Crippen LogP contribution in [0.2, 0.25) is 0 Å². The first-order valence-corrected chi connectivity index (χ1v) is 3.75. The lowest BCUT2D eigenvalue weighted by Crippen LogP contribution is -2.22. The van der Waals surface area contributed by atoms with Crippen molar-refractivity contribution in [3.8, 4) is 0 Å². The van der Waals surface area contributed by atoms with Crippen LogP contribution in [0, 0.1) is 0 Å². The first-order valence-electron chi connectivity index (χ1n) is 3.75. The number of carbonyl (C=O) groups is 2. The number of carboxylic acids is 1. The van der Waals surface area contributed by atoms with Crippen molar-refractivity contribution in [2.75, 3.05) is 12.8 Å². The molecule has 1 aromatic carbocycles. The number of benzene rings is 1. The number of carboxylic acid groups (broad SMARTS) is 1. The summed E-state index contributed by atoms with van der Waals surface area (Å²) in [6.07, 6.45) is 0. The molecule has 1 aromatic rings. The Morgan fingerprint density at radius 1 is 1.29 bits per heavy atom. The first kappa shape index (κ1) is 10.0. The molecule has 0 spiro atoms. The SMILES string of the molecule is COC(=O)c1cc(N)cc(C(=O)[O-])c1. The second kappa shape index (κ2) is 3.78. The normalized spacial score (nSPS) is 9.50. The number of nitrogen functional groups attached to an aromatic ring is 1. The van der Waals surface area contributed by atoms with Gasteiger partial charge in [0.15, 0.2) is 0 Å². The van der Waals surface area contributed by atoms with Crippen molar-refractivity contribution in [1.29, 1.82) is 0 Å². The number of carbonyl (C=O) groups excluding carboxylic acids is 2. The number of anilines is 1. The number of ether oxygens (including phenoxy) is 1. The van der Waals surface area contributed by atoms with Crippen molar-refractivity contribution >= 4 is 17.6 Å². The highest BCUT2D eigenvalue weighted by molar-refractivity contribution is 5.95. The molecule has 5 heteroatoms. The molecular weight excluding hydrogens is 186 g/mol. The monoisotopic (exact) mass is 194 g/mol. The van der Waals surface area contributed by atoms with Crippen LogP contribution in [0.3, 0.4) is 0 Å². The smallest absolute Gasteiger partial charge is 0.337 e. The van der Waals surface area contributed by atoms with Crippen molar-refractivity contribution in [2.45, 2.75) is 0 Å². The summed E-state index contributed by atoms with van der Waals surface area (Å²) in [6, 6.07) is 3.69. The summed E-state index contributed by atoms with van der Waals surface area (Å²) in [5, 5.41) is 10.5. The third-order valence-corrected chi connectivity index (χ3v) is 1.61. The van der Waals surface area contributed by atoms with E-state index in [0.717, 1.165) is 6.07 Å². The number of hydrogen-bond donors (Lipinski definition) is 1. The lowest BCUT2D eigenvalue weighted by atomic mass is 10.1. The van der Waals surface area contributed by atoms with Gasteiger partial charge in [-0.3, -0.25) is 0 Å². The quantitative estimate of drug-likeness (QED) is 0.502. The maximum atomic E-state index is 11.0. The van der Waals surface area contributed by atoms with Gasteiger partial charge in [0, 0.05) is 11.3 Å². The van der Waals surface area contributed by atoms with Crippen LogP contribution in [0.15, 0.2) is 18.2 Å². The molecule has 0 aromatic heterocycles. The van der Waals surface area contributed by atoms with Gasteiger partial charge in [-0.25, -0.2) is 4.79 Å². The average molecular weight is 194 g/mol. The van der Waals surface area contributed by atoms with E-state index >= 15 is 0 Å². The molecule has 0 unspecified atom stereocenters. The largest absolute Gasteiger partial charge is 0.545 e. The summed E-state index contributed by atoms with van der Waals surface area (Å²) in [7, 11) is 1.20. The molecule has 1 rings (SSSR count). The van der Waals surface area contributed by atoms with Crippen LogP contribution in [0.5, 0.6) is 0 Å². The Labute approximate surface area is 80.1 Å². The van der Waals surface area contributed by atoms with Crippen molar-refractivity contribution in [3.63, 3.8) is 0 Å². The molecular formula is C9H8NO4-. The molecule has 14 heavy (non-hydrogen) atoms. The second-order valence-corrected chi connectivity index (χ2v) is 2.62. The highest BCUT2D eigenvalue weighted by Gasteiger charge is 2.07. The Kier molecular flexibility index (Phi) is 2.71. The van der Waals surface area contributed by atoms with Crippen LogP contribution < -0.4 is 10.8 Å². The maximum absolute atomic E-state index is 11.0.